The van der Waals surface area contributed by atoms with Crippen molar-refractivity contribution in [2.24, 2.45) is 0 Å². The molecule has 3 rings (SSSR count). The first-order valence-electron chi connectivity index (χ1n) is 8.43. The summed E-state index contributed by atoms with van der Waals surface area (Å²) in [6.45, 7) is 1.88. The van der Waals surface area contributed by atoms with Crippen molar-refractivity contribution in [2.75, 3.05) is 12.9 Å². The smallest absolute Gasteiger partial charge is 0.266 e. The molecule has 0 bridgehead atoms. The number of rotatable bonds is 6. The highest BCUT2D eigenvalue weighted by atomic mass is 35.5. The lowest BCUT2D eigenvalue weighted by atomic mass is 10.2. The molecule has 0 amide bonds. The number of nitriles is 1. The van der Waals surface area contributed by atoms with Crippen molar-refractivity contribution >= 4 is 34.3 Å². The normalized spacial score (nSPS) is 10.7. The number of aryl methyl sites for hydroxylation is 1. The second-order valence-corrected chi connectivity index (χ2v) is 7.40. The van der Waals surface area contributed by atoms with E-state index >= 15 is 0 Å². The van der Waals surface area contributed by atoms with E-state index in [4.69, 9.17) is 26.6 Å². The molecule has 0 aliphatic heterocycles. The highest BCUT2D eigenvalue weighted by Gasteiger charge is 2.17. The minimum atomic E-state index is -0.164. The van der Waals surface area contributed by atoms with Crippen LogP contribution in [0.3, 0.4) is 0 Å². The molecule has 138 valence electrons. The number of benzene rings is 2. The molecule has 0 N–H and O–H groups in total. The number of hydrogen-bond donors (Lipinski definition) is 0. The molecule has 0 aliphatic rings. The summed E-state index contributed by atoms with van der Waals surface area (Å²) in [4.78, 5) is 18.0. The standard InChI is InChI=1S/C20H18ClN3O2S/c1-13-11-17(18(26-2)12-15(13)21)24-19(25)14-7-3-4-8-16(14)23-20(24)27-10-6-5-9-22/h3-4,7-8,11-12H,5-6,10H2,1-2H3. The number of hydrogen-bond acceptors (Lipinski definition) is 5. The van der Waals surface area contributed by atoms with Gasteiger partial charge < -0.3 is 4.74 Å². The summed E-state index contributed by atoms with van der Waals surface area (Å²) < 4.78 is 7.05. The molecular formula is C20H18ClN3O2S. The fraction of sp³-hybridized carbons (Fsp3) is 0.250. The molecule has 1 heterocycles. The zero-order chi connectivity index (χ0) is 19.4. The summed E-state index contributed by atoms with van der Waals surface area (Å²) in [5.41, 5.74) is 1.92. The molecule has 27 heavy (non-hydrogen) atoms. The zero-order valence-electron chi connectivity index (χ0n) is 15.0. The van der Waals surface area contributed by atoms with Gasteiger partial charge in [0.15, 0.2) is 5.16 Å². The number of unbranched alkanes of at least 4 members (excludes halogenated alkanes) is 1. The Balaban J connectivity index is 2.24. The number of para-hydroxylation sites is 1. The van der Waals surface area contributed by atoms with Crippen LogP contribution in [-0.2, 0) is 0 Å². The first kappa shape index (κ1) is 19.3. The molecule has 3 aromatic rings. The molecule has 0 saturated carbocycles. The van der Waals surface area contributed by atoms with E-state index in [0.717, 1.165) is 12.0 Å². The van der Waals surface area contributed by atoms with Crippen molar-refractivity contribution in [1.29, 1.82) is 5.26 Å². The number of methoxy groups -OCH3 is 1. The number of thioether (sulfide) groups is 1. The van der Waals surface area contributed by atoms with Crippen molar-refractivity contribution < 1.29 is 4.74 Å². The Labute approximate surface area is 166 Å². The van der Waals surface area contributed by atoms with Crippen molar-refractivity contribution in [1.82, 2.24) is 9.55 Å². The SMILES string of the molecule is COc1cc(Cl)c(C)cc1-n1c(SCCCC#N)nc2ccccc2c1=O. The number of ether oxygens (including phenoxy) is 1. The van der Waals surface area contributed by atoms with E-state index in [-0.39, 0.29) is 5.56 Å². The second-order valence-electron chi connectivity index (χ2n) is 5.94. The third kappa shape index (κ3) is 3.95. The van der Waals surface area contributed by atoms with Crippen LogP contribution in [0.4, 0.5) is 0 Å². The lowest BCUT2D eigenvalue weighted by molar-refractivity contribution is 0.411. The van der Waals surface area contributed by atoms with Gasteiger partial charge in [0, 0.05) is 23.3 Å². The van der Waals surface area contributed by atoms with E-state index in [1.54, 1.807) is 23.8 Å². The van der Waals surface area contributed by atoms with Gasteiger partial charge in [-0.15, -0.1) is 0 Å². The summed E-state index contributed by atoms with van der Waals surface area (Å²) in [7, 11) is 1.55. The van der Waals surface area contributed by atoms with Crippen LogP contribution >= 0.6 is 23.4 Å². The molecule has 0 aliphatic carbocycles. The summed E-state index contributed by atoms with van der Waals surface area (Å²) in [6.07, 6.45) is 1.19. The molecular weight excluding hydrogens is 382 g/mol. The molecule has 2 aromatic carbocycles. The van der Waals surface area contributed by atoms with Gasteiger partial charge in [0.1, 0.15) is 5.75 Å². The van der Waals surface area contributed by atoms with Gasteiger partial charge in [0.25, 0.3) is 5.56 Å². The fourth-order valence-electron chi connectivity index (χ4n) is 2.72. The molecule has 0 fully saturated rings. The van der Waals surface area contributed by atoms with Crippen LogP contribution in [0.15, 0.2) is 46.3 Å². The first-order valence-corrected chi connectivity index (χ1v) is 9.79. The maximum atomic E-state index is 13.3. The zero-order valence-corrected chi connectivity index (χ0v) is 16.6. The molecule has 0 saturated heterocycles. The van der Waals surface area contributed by atoms with Gasteiger partial charge in [-0.05, 0) is 37.1 Å². The average Bonchev–Trinajstić information content (AvgIpc) is 2.67. The number of fused-ring (bicyclic) bond motifs is 1. The maximum Gasteiger partial charge on any atom is 0.266 e. The Morgan fingerprint density at radius 2 is 2.11 bits per heavy atom. The van der Waals surface area contributed by atoms with Crippen LogP contribution in [0.5, 0.6) is 5.75 Å². The van der Waals surface area contributed by atoms with Crippen LogP contribution in [-0.4, -0.2) is 22.4 Å². The van der Waals surface area contributed by atoms with Gasteiger partial charge in [0.05, 0.1) is 29.8 Å². The van der Waals surface area contributed by atoms with Crippen molar-refractivity contribution in [3.63, 3.8) is 0 Å². The van der Waals surface area contributed by atoms with Crippen molar-refractivity contribution in [3.05, 3.63) is 57.3 Å². The van der Waals surface area contributed by atoms with Gasteiger partial charge in [-0.2, -0.15) is 5.26 Å². The summed E-state index contributed by atoms with van der Waals surface area (Å²) in [5, 5.41) is 10.4. The minimum Gasteiger partial charge on any atom is -0.495 e. The Morgan fingerprint density at radius 1 is 1.33 bits per heavy atom. The summed E-state index contributed by atoms with van der Waals surface area (Å²) in [5.74, 6) is 1.19. The topological polar surface area (TPSA) is 67.9 Å². The second kappa shape index (κ2) is 8.47. The highest BCUT2D eigenvalue weighted by Crippen LogP contribution is 2.32. The molecule has 5 nitrogen and oxygen atoms in total. The first-order chi connectivity index (χ1) is 13.1. The van der Waals surface area contributed by atoms with E-state index in [9.17, 15) is 4.79 Å². The van der Waals surface area contributed by atoms with Crippen LogP contribution in [0.25, 0.3) is 16.6 Å². The van der Waals surface area contributed by atoms with Gasteiger partial charge in [-0.1, -0.05) is 35.5 Å². The third-order valence-electron chi connectivity index (χ3n) is 4.11. The number of aromatic nitrogens is 2. The largest absolute Gasteiger partial charge is 0.495 e. The molecule has 0 radical (unpaired) electrons. The van der Waals surface area contributed by atoms with E-state index in [1.807, 2.05) is 31.2 Å². The van der Waals surface area contributed by atoms with E-state index < -0.39 is 0 Å². The lowest BCUT2D eigenvalue weighted by Crippen LogP contribution is -2.22. The van der Waals surface area contributed by atoms with Gasteiger partial charge in [0.2, 0.25) is 0 Å². The molecule has 0 unspecified atom stereocenters. The molecule has 1 aromatic heterocycles. The van der Waals surface area contributed by atoms with Crippen LogP contribution in [0, 0.1) is 18.3 Å². The monoisotopic (exact) mass is 399 g/mol. The van der Waals surface area contributed by atoms with Crippen LogP contribution in [0.2, 0.25) is 5.02 Å². The number of nitrogens with zero attached hydrogens (tertiary/aromatic N) is 3. The molecule has 0 atom stereocenters. The van der Waals surface area contributed by atoms with E-state index in [2.05, 4.69) is 6.07 Å². The summed E-state index contributed by atoms with van der Waals surface area (Å²) in [6, 6.07) is 12.9. The average molecular weight is 400 g/mol. The number of halogens is 1. The third-order valence-corrected chi connectivity index (χ3v) is 5.54. The summed E-state index contributed by atoms with van der Waals surface area (Å²) >= 11 is 7.68. The van der Waals surface area contributed by atoms with E-state index in [1.165, 1.54) is 11.8 Å². The Bertz CT molecular complexity index is 1090. The van der Waals surface area contributed by atoms with Crippen LogP contribution in [0.1, 0.15) is 18.4 Å². The highest BCUT2D eigenvalue weighted by molar-refractivity contribution is 7.99. The predicted molar refractivity (Wildman–Crippen MR) is 109 cm³/mol. The van der Waals surface area contributed by atoms with Gasteiger partial charge in [-0.3, -0.25) is 9.36 Å². The molecule has 7 heteroatoms. The Kier molecular flexibility index (Phi) is 6.04. The predicted octanol–water partition coefficient (Wildman–Crippen LogP) is 4.75. The lowest BCUT2D eigenvalue weighted by Gasteiger charge is -2.17. The minimum absolute atomic E-state index is 0.164. The van der Waals surface area contributed by atoms with E-state index in [0.29, 0.717) is 44.7 Å². The van der Waals surface area contributed by atoms with Crippen molar-refractivity contribution in [3.8, 4) is 17.5 Å². The van der Waals surface area contributed by atoms with Crippen LogP contribution < -0.4 is 10.3 Å². The Hall–Kier alpha value is -2.49. The van der Waals surface area contributed by atoms with Gasteiger partial charge in [-0.25, -0.2) is 4.98 Å². The quantitative estimate of drug-likeness (QED) is 0.340. The fourth-order valence-corrected chi connectivity index (χ4v) is 3.82. The Morgan fingerprint density at radius 3 is 2.85 bits per heavy atom. The van der Waals surface area contributed by atoms with Gasteiger partial charge >= 0.3 is 0 Å². The van der Waals surface area contributed by atoms with Crippen molar-refractivity contribution in [2.45, 2.75) is 24.9 Å². The molecule has 0 spiro atoms. The maximum absolute atomic E-state index is 13.3.